The van der Waals surface area contributed by atoms with Crippen molar-refractivity contribution in [2.75, 3.05) is 18.1 Å². The molecule has 1 unspecified atom stereocenters. The Morgan fingerprint density at radius 3 is 2.92 bits per heavy atom. The van der Waals surface area contributed by atoms with E-state index in [9.17, 15) is 9.90 Å². The Labute approximate surface area is 143 Å². The van der Waals surface area contributed by atoms with E-state index < -0.39 is 5.97 Å². The number of pyridine rings is 1. The van der Waals surface area contributed by atoms with Crippen molar-refractivity contribution in [1.82, 2.24) is 25.2 Å². The van der Waals surface area contributed by atoms with E-state index in [1.54, 1.807) is 6.20 Å². The Kier molecular flexibility index (Phi) is 3.14. The molecule has 2 N–H and O–H groups in total. The molecule has 0 bridgehead atoms. The lowest BCUT2D eigenvalue weighted by Crippen LogP contribution is -2.43. The first-order chi connectivity index (χ1) is 12.2. The second-order valence-electron chi connectivity index (χ2n) is 6.78. The zero-order valence-electron chi connectivity index (χ0n) is 13.6. The lowest BCUT2D eigenvalue weighted by Gasteiger charge is -2.34. The van der Waals surface area contributed by atoms with Crippen molar-refractivity contribution in [2.24, 2.45) is 5.92 Å². The Bertz CT molecular complexity index is 966. The molecule has 0 radical (unpaired) electrons. The molecule has 3 aromatic rings. The van der Waals surface area contributed by atoms with Crippen LogP contribution in [0.4, 0.5) is 5.69 Å². The topological polar surface area (TPSA) is 98.2 Å². The van der Waals surface area contributed by atoms with Crippen molar-refractivity contribution < 1.29 is 9.90 Å². The molecular formula is C17H18N6O2. The first kappa shape index (κ1) is 14.6. The number of H-pyrrole nitrogens is 1. The Hall–Kier alpha value is -2.74. The van der Waals surface area contributed by atoms with Gasteiger partial charge in [0.1, 0.15) is 0 Å². The van der Waals surface area contributed by atoms with Gasteiger partial charge in [0.15, 0.2) is 11.3 Å². The predicted molar refractivity (Wildman–Crippen MR) is 92.0 cm³/mol. The van der Waals surface area contributed by atoms with Crippen molar-refractivity contribution in [3.63, 3.8) is 0 Å². The average Bonchev–Trinajstić information content (AvgIpc) is 3.12. The minimum atomic E-state index is -0.711. The second kappa shape index (κ2) is 5.38. The molecule has 1 saturated carbocycles. The van der Waals surface area contributed by atoms with Gasteiger partial charge in [-0.25, -0.2) is 9.99 Å². The van der Waals surface area contributed by atoms with Gasteiger partial charge in [-0.05, 0) is 31.4 Å². The number of carbonyl (C=O) groups is 1. The summed E-state index contributed by atoms with van der Waals surface area (Å²) in [7, 11) is 0. The van der Waals surface area contributed by atoms with E-state index in [0.29, 0.717) is 24.7 Å². The summed E-state index contributed by atoms with van der Waals surface area (Å²) < 4.78 is 0. The first-order valence-corrected chi connectivity index (χ1v) is 8.58. The number of anilines is 1. The van der Waals surface area contributed by atoms with Crippen molar-refractivity contribution in [3.8, 4) is 0 Å². The third kappa shape index (κ3) is 2.32. The van der Waals surface area contributed by atoms with Gasteiger partial charge >= 0.3 is 5.97 Å². The Morgan fingerprint density at radius 2 is 2.16 bits per heavy atom. The van der Waals surface area contributed by atoms with Crippen LogP contribution >= 0.6 is 0 Å². The fraction of sp³-hybridized carbons (Fsp3) is 0.412. The maximum atomic E-state index is 11.4. The number of aromatic nitrogens is 4. The molecule has 2 aliphatic rings. The van der Waals surface area contributed by atoms with Crippen LogP contribution in [0, 0.1) is 5.92 Å². The zero-order chi connectivity index (χ0) is 17.0. The summed E-state index contributed by atoms with van der Waals surface area (Å²) in [4.78, 5) is 18.8. The number of carboxylic acid groups (broad SMARTS) is 1. The average molecular weight is 338 g/mol. The molecule has 3 aromatic heterocycles. The fourth-order valence-corrected chi connectivity index (χ4v) is 3.75. The summed E-state index contributed by atoms with van der Waals surface area (Å²) in [5.41, 5.74) is 2.39. The van der Waals surface area contributed by atoms with Crippen LogP contribution in [0.25, 0.3) is 22.1 Å². The lowest BCUT2D eigenvalue weighted by atomic mass is 10.1. The molecule has 5 rings (SSSR count). The number of aliphatic carboxylic acids is 1. The van der Waals surface area contributed by atoms with E-state index in [1.165, 1.54) is 0 Å². The molecular weight excluding hydrogens is 320 g/mol. The van der Waals surface area contributed by atoms with E-state index >= 15 is 0 Å². The maximum Gasteiger partial charge on any atom is 0.307 e. The largest absolute Gasteiger partial charge is 0.481 e. The van der Waals surface area contributed by atoms with Gasteiger partial charge in [-0.3, -0.25) is 4.79 Å². The van der Waals surface area contributed by atoms with Crippen LogP contribution < -0.4 is 5.01 Å². The predicted octanol–water partition coefficient (Wildman–Crippen LogP) is 1.80. The van der Waals surface area contributed by atoms with E-state index in [0.717, 1.165) is 41.5 Å². The standard InChI is InChI=1S/C17H18N6O2/c24-17(25)10-5-8-22(9-10)23(11-1-2-11)13-4-7-19-16-14(13)12-3-6-18-15(12)20-21-16/h3-4,6-7,10-11H,1-2,5,8-9H2,(H,18,20)(H,24,25). The van der Waals surface area contributed by atoms with Crippen molar-refractivity contribution in [1.29, 1.82) is 0 Å². The number of hydrogen-bond donors (Lipinski definition) is 2. The number of hydrazine groups is 1. The number of hydrogen-bond acceptors (Lipinski definition) is 6. The van der Waals surface area contributed by atoms with Gasteiger partial charge < -0.3 is 15.1 Å². The first-order valence-electron chi connectivity index (χ1n) is 8.58. The minimum Gasteiger partial charge on any atom is -0.481 e. The van der Waals surface area contributed by atoms with Gasteiger partial charge in [0, 0.05) is 36.9 Å². The van der Waals surface area contributed by atoms with Gasteiger partial charge in [0.25, 0.3) is 0 Å². The van der Waals surface area contributed by atoms with Gasteiger partial charge in [0.2, 0.25) is 0 Å². The highest BCUT2D eigenvalue weighted by Gasteiger charge is 2.39. The monoisotopic (exact) mass is 338 g/mol. The van der Waals surface area contributed by atoms with Crippen LogP contribution in [0.1, 0.15) is 19.3 Å². The molecule has 1 atom stereocenters. The second-order valence-corrected chi connectivity index (χ2v) is 6.78. The van der Waals surface area contributed by atoms with E-state index in [4.69, 9.17) is 0 Å². The highest BCUT2D eigenvalue weighted by molar-refractivity contribution is 6.08. The molecule has 128 valence electrons. The highest BCUT2D eigenvalue weighted by Crippen LogP contribution is 2.39. The van der Waals surface area contributed by atoms with Crippen molar-refractivity contribution in [3.05, 3.63) is 24.5 Å². The van der Waals surface area contributed by atoms with Crippen LogP contribution in [-0.4, -0.2) is 55.4 Å². The molecule has 0 aromatic carbocycles. The number of nitrogens with one attached hydrogen (secondary N) is 1. The fourth-order valence-electron chi connectivity index (χ4n) is 3.75. The summed E-state index contributed by atoms with van der Waals surface area (Å²) in [6.45, 7) is 1.30. The zero-order valence-corrected chi connectivity index (χ0v) is 13.6. The van der Waals surface area contributed by atoms with Crippen LogP contribution in [0.5, 0.6) is 0 Å². The molecule has 8 nitrogen and oxygen atoms in total. The van der Waals surface area contributed by atoms with Gasteiger partial charge in [-0.15, -0.1) is 10.2 Å². The molecule has 1 aliphatic carbocycles. The minimum absolute atomic E-state index is 0.304. The highest BCUT2D eigenvalue weighted by atomic mass is 16.4. The number of carboxylic acids is 1. The lowest BCUT2D eigenvalue weighted by molar-refractivity contribution is -0.141. The maximum absolute atomic E-state index is 11.4. The van der Waals surface area contributed by atoms with E-state index in [2.05, 4.69) is 30.2 Å². The van der Waals surface area contributed by atoms with Crippen molar-refractivity contribution >= 4 is 33.7 Å². The van der Waals surface area contributed by atoms with Crippen LogP contribution in [0.15, 0.2) is 24.5 Å². The van der Waals surface area contributed by atoms with Crippen LogP contribution in [0.3, 0.4) is 0 Å². The summed E-state index contributed by atoms with van der Waals surface area (Å²) in [5.74, 6) is -1.02. The molecule has 0 spiro atoms. The summed E-state index contributed by atoms with van der Waals surface area (Å²) in [5, 5.41) is 24.2. The molecule has 25 heavy (non-hydrogen) atoms. The van der Waals surface area contributed by atoms with E-state index in [1.807, 2.05) is 18.3 Å². The molecule has 8 heteroatoms. The number of aromatic amines is 1. The van der Waals surface area contributed by atoms with Crippen LogP contribution in [0.2, 0.25) is 0 Å². The van der Waals surface area contributed by atoms with Crippen LogP contribution in [-0.2, 0) is 4.79 Å². The molecule has 4 heterocycles. The Morgan fingerprint density at radius 1 is 1.28 bits per heavy atom. The SMILES string of the molecule is O=C(O)C1CCN(N(c2ccnc3nnc4[nH]ccc4c23)C2CC2)C1. The summed E-state index contributed by atoms with van der Waals surface area (Å²) >= 11 is 0. The van der Waals surface area contributed by atoms with Gasteiger partial charge in [0.05, 0.1) is 17.0 Å². The molecule has 0 amide bonds. The number of nitrogens with zero attached hydrogens (tertiary/aromatic N) is 5. The Balaban J connectivity index is 1.65. The van der Waals surface area contributed by atoms with E-state index in [-0.39, 0.29) is 5.92 Å². The summed E-state index contributed by atoms with van der Waals surface area (Å²) in [6.07, 6.45) is 6.53. The molecule has 2 fully saturated rings. The smallest absolute Gasteiger partial charge is 0.307 e. The third-order valence-corrected chi connectivity index (χ3v) is 5.11. The number of fused-ring (bicyclic) bond motifs is 3. The molecule has 1 saturated heterocycles. The van der Waals surface area contributed by atoms with Gasteiger partial charge in [-0.2, -0.15) is 0 Å². The summed E-state index contributed by atoms with van der Waals surface area (Å²) in [6, 6.07) is 4.41. The quantitative estimate of drug-likeness (QED) is 0.748. The normalized spacial score (nSPS) is 21.2. The number of rotatable bonds is 4. The van der Waals surface area contributed by atoms with Gasteiger partial charge in [-0.1, -0.05) is 0 Å². The third-order valence-electron chi connectivity index (χ3n) is 5.11. The molecule has 1 aliphatic heterocycles. The van der Waals surface area contributed by atoms with Crippen molar-refractivity contribution in [2.45, 2.75) is 25.3 Å².